The highest BCUT2D eigenvalue weighted by molar-refractivity contribution is 5.68. The molecule has 0 bridgehead atoms. The Morgan fingerprint density at radius 1 is 1.30 bits per heavy atom. The number of piperazine rings is 1. The van der Waals surface area contributed by atoms with E-state index in [-0.39, 0.29) is 23.8 Å². The van der Waals surface area contributed by atoms with Crippen LogP contribution in [-0.4, -0.2) is 65.6 Å². The Labute approximate surface area is 160 Å². The fourth-order valence-electron chi connectivity index (χ4n) is 3.77. The van der Waals surface area contributed by atoms with Crippen LogP contribution in [0.2, 0.25) is 0 Å². The molecule has 2 fully saturated rings. The van der Waals surface area contributed by atoms with E-state index < -0.39 is 0 Å². The van der Waals surface area contributed by atoms with Crippen LogP contribution in [0.1, 0.15) is 39.0 Å². The van der Waals surface area contributed by atoms with Gasteiger partial charge < -0.3 is 19.9 Å². The van der Waals surface area contributed by atoms with Crippen molar-refractivity contribution in [2.45, 2.75) is 51.2 Å². The van der Waals surface area contributed by atoms with Crippen molar-refractivity contribution in [1.82, 2.24) is 20.0 Å². The normalized spacial score (nSPS) is 21.3. The number of aryl methyl sites for hydroxylation is 1. The SMILES string of the molecule is CCCCC1CNCCN1C(=O)OC1CCN(c2ccc(=O)n(C)n2)CC1. The molecule has 2 aliphatic rings. The van der Waals surface area contributed by atoms with Crippen molar-refractivity contribution in [3.63, 3.8) is 0 Å². The third kappa shape index (κ3) is 5.00. The topological polar surface area (TPSA) is 79.7 Å². The van der Waals surface area contributed by atoms with Crippen molar-refractivity contribution in [1.29, 1.82) is 0 Å². The lowest BCUT2D eigenvalue weighted by molar-refractivity contribution is 0.0343. The Balaban J connectivity index is 1.51. The first-order chi connectivity index (χ1) is 13.1. The summed E-state index contributed by atoms with van der Waals surface area (Å²) in [6.07, 6.45) is 4.62. The summed E-state index contributed by atoms with van der Waals surface area (Å²) in [5.74, 6) is 0.795. The Morgan fingerprint density at radius 2 is 2.07 bits per heavy atom. The van der Waals surface area contributed by atoms with Gasteiger partial charge in [0.05, 0.1) is 0 Å². The third-order valence-electron chi connectivity index (χ3n) is 5.46. The maximum atomic E-state index is 12.7. The molecule has 150 valence electrons. The zero-order valence-electron chi connectivity index (χ0n) is 16.4. The summed E-state index contributed by atoms with van der Waals surface area (Å²) in [6.45, 7) is 6.11. The van der Waals surface area contributed by atoms with Crippen LogP contribution >= 0.6 is 0 Å². The Hall–Kier alpha value is -2.09. The first-order valence-electron chi connectivity index (χ1n) is 10.1. The molecule has 8 nitrogen and oxygen atoms in total. The second-order valence-electron chi connectivity index (χ2n) is 7.42. The number of aromatic nitrogens is 2. The van der Waals surface area contributed by atoms with Gasteiger partial charge in [-0.1, -0.05) is 19.8 Å². The van der Waals surface area contributed by atoms with E-state index in [0.717, 1.165) is 64.1 Å². The van der Waals surface area contributed by atoms with Gasteiger partial charge in [-0.15, -0.1) is 0 Å². The summed E-state index contributed by atoms with van der Waals surface area (Å²) in [5, 5.41) is 7.68. The molecule has 1 amide bonds. The van der Waals surface area contributed by atoms with Crippen molar-refractivity contribution in [2.24, 2.45) is 7.05 Å². The second kappa shape index (κ2) is 9.21. The zero-order valence-corrected chi connectivity index (χ0v) is 16.4. The number of unbranched alkanes of at least 4 members (excludes halogenated alkanes) is 1. The Bertz CT molecular complexity index is 684. The van der Waals surface area contributed by atoms with Crippen LogP contribution in [0.4, 0.5) is 10.6 Å². The predicted molar refractivity (Wildman–Crippen MR) is 104 cm³/mol. The van der Waals surface area contributed by atoms with Gasteiger partial charge in [0.1, 0.15) is 11.9 Å². The van der Waals surface area contributed by atoms with Gasteiger partial charge in [0.15, 0.2) is 0 Å². The van der Waals surface area contributed by atoms with Gasteiger partial charge in [0.25, 0.3) is 5.56 Å². The molecule has 1 aromatic heterocycles. The highest BCUT2D eigenvalue weighted by Gasteiger charge is 2.30. The number of anilines is 1. The standard InChI is InChI=1S/C19H31N5O3/c1-3-4-5-15-14-20-10-13-24(15)19(26)27-16-8-11-23(12-9-16)17-6-7-18(25)22(2)21-17/h6-7,15-16,20H,3-5,8-14H2,1-2H3. The summed E-state index contributed by atoms with van der Waals surface area (Å²) in [7, 11) is 1.66. The number of carbonyl (C=O) groups is 1. The molecule has 1 atom stereocenters. The van der Waals surface area contributed by atoms with E-state index in [2.05, 4.69) is 22.2 Å². The van der Waals surface area contributed by atoms with Crippen LogP contribution in [0.25, 0.3) is 0 Å². The van der Waals surface area contributed by atoms with E-state index >= 15 is 0 Å². The first kappa shape index (κ1) is 19.7. The van der Waals surface area contributed by atoms with Crippen LogP contribution in [0.3, 0.4) is 0 Å². The van der Waals surface area contributed by atoms with E-state index in [0.29, 0.717) is 6.54 Å². The Kier molecular flexibility index (Phi) is 6.71. The van der Waals surface area contributed by atoms with Gasteiger partial charge in [-0.25, -0.2) is 9.48 Å². The molecule has 0 aliphatic carbocycles. The van der Waals surface area contributed by atoms with Crippen LogP contribution in [0.15, 0.2) is 16.9 Å². The Morgan fingerprint density at radius 3 is 2.78 bits per heavy atom. The minimum absolute atomic E-state index is 0.0528. The van der Waals surface area contributed by atoms with Crippen molar-refractivity contribution in [2.75, 3.05) is 37.6 Å². The largest absolute Gasteiger partial charge is 0.446 e. The molecule has 1 unspecified atom stereocenters. The monoisotopic (exact) mass is 377 g/mol. The quantitative estimate of drug-likeness (QED) is 0.834. The molecule has 2 aliphatic heterocycles. The number of ether oxygens (including phenoxy) is 1. The molecule has 1 N–H and O–H groups in total. The van der Waals surface area contributed by atoms with Crippen molar-refractivity contribution >= 4 is 11.9 Å². The predicted octanol–water partition coefficient (Wildman–Crippen LogP) is 1.35. The third-order valence-corrected chi connectivity index (χ3v) is 5.46. The number of amides is 1. The summed E-state index contributed by atoms with van der Waals surface area (Å²) in [4.78, 5) is 28.2. The maximum Gasteiger partial charge on any atom is 0.410 e. The molecule has 1 aromatic rings. The highest BCUT2D eigenvalue weighted by atomic mass is 16.6. The maximum absolute atomic E-state index is 12.7. The van der Waals surface area contributed by atoms with E-state index in [1.54, 1.807) is 13.1 Å². The number of piperidine rings is 1. The lowest BCUT2D eigenvalue weighted by Gasteiger charge is -2.38. The molecule has 0 saturated carbocycles. The minimum Gasteiger partial charge on any atom is -0.446 e. The van der Waals surface area contributed by atoms with Crippen LogP contribution in [0.5, 0.6) is 0 Å². The minimum atomic E-state index is -0.170. The summed E-state index contributed by atoms with van der Waals surface area (Å²) in [5.41, 5.74) is -0.115. The number of hydrogen-bond acceptors (Lipinski definition) is 6. The van der Waals surface area contributed by atoms with Gasteiger partial charge in [-0.2, -0.15) is 5.10 Å². The van der Waals surface area contributed by atoms with E-state index in [1.807, 2.05) is 4.90 Å². The summed E-state index contributed by atoms with van der Waals surface area (Å²) in [6, 6.07) is 3.53. The van der Waals surface area contributed by atoms with Gasteiger partial charge >= 0.3 is 6.09 Å². The van der Waals surface area contributed by atoms with E-state index in [1.165, 1.54) is 10.7 Å². The molecule has 0 aromatic carbocycles. The second-order valence-corrected chi connectivity index (χ2v) is 7.42. The lowest BCUT2D eigenvalue weighted by Crippen LogP contribution is -2.54. The smallest absolute Gasteiger partial charge is 0.410 e. The number of nitrogens with zero attached hydrogens (tertiary/aromatic N) is 4. The van der Waals surface area contributed by atoms with Gasteiger partial charge in [-0.05, 0) is 12.5 Å². The van der Waals surface area contributed by atoms with Crippen molar-refractivity contribution in [3.8, 4) is 0 Å². The first-order valence-corrected chi connectivity index (χ1v) is 10.1. The van der Waals surface area contributed by atoms with Crippen molar-refractivity contribution in [3.05, 3.63) is 22.5 Å². The molecule has 8 heteroatoms. The number of hydrogen-bond donors (Lipinski definition) is 1. The zero-order chi connectivity index (χ0) is 19.2. The van der Waals surface area contributed by atoms with Crippen LogP contribution in [0, 0.1) is 0 Å². The van der Waals surface area contributed by atoms with Gasteiger partial charge in [0.2, 0.25) is 0 Å². The molecule has 2 saturated heterocycles. The average molecular weight is 377 g/mol. The summed E-state index contributed by atoms with van der Waals surface area (Å²) < 4.78 is 7.17. The van der Waals surface area contributed by atoms with Crippen LogP contribution in [-0.2, 0) is 11.8 Å². The molecule has 27 heavy (non-hydrogen) atoms. The molecule has 3 rings (SSSR count). The molecular formula is C19H31N5O3. The van der Waals surface area contributed by atoms with Gasteiger partial charge in [-0.3, -0.25) is 4.79 Å². The number of rotatable bonds is 5. The van der Waals surface area contributed by atoms with Crippen LogP contribution < -0.4 is 15.8 Å². The highest BCUT2D eigenvalue weighted by Crippen LogP contribution is 2.20. The molecule has 0 spiro atoms. The van der Waals surface area contributed by atoms with E-state index in [9.17, 15) is 9.59 Å². The molecular weight excluding hydrogens is 346 g/mol. The van der Waals surface area contributed by atoms with Crippen molar-refractivity contribution < 1.29 is 9.53 Å². The number of carbonyl (C=O) groups excluding carboxylic acids is 1. The van der Waals surface area contributed by atoms with E-state index in [4.69, 9.17) is 4.74 Å². The van der Waals surface area contributed by atoms with Gasteiger partial charge in [0, 0.05) is 64.7 Å². The number of nitrogens with one attached hydrogen (secondary N) is 1. The molecule has 3 heterocycles. The fraction of sp³-hybridized carbons (Fsp3) is 0.737. The average Bonchev–Trinajstić information content (AvgIpc) is 2.69. The molecule has 0 radical (unpaired) electrons. The summed E-state index contributed by atoms with van der Waals surface area (Å²) >= 11 is 0. The fourth-order valence-corrected chi connectivity index (χ4v) is 3.77. The lowest BCUT2D eigenvalue weighted by atomic mass is 10.1.